The topological polar surface area (TPSA) is 39.9 Å². The van der Waals surface area contributed by atoms with Gasteiger partial charge in [-0.3, -0.25) is 0 Å². The lowest BCUT2D eigenvalue weighted by atomic mass is 10.1. The Labute approximate surface area is 140 Å². The highest BCUT2D eigenvalue weighted by atomic mass is 32.1. The molecule has 0 fully saturated rings. The summed E-state index contributed by atoms with van der Waals surface area (Å²) < 4.78 is 1.10. The van der Waals surface area contributed by atoms with E-state index in [2.05, 4.69) is 42.1 Å². The lowest BCUT2D eigenvalue weighted by molar-refractivity contribution is 0.968. The van der Waals surface area contributed by atoms with Crippen molar-refractivity contribution in [1.29, 1.82) is 5.26 Å². The van der Waals surface area contributed by atoms with Crippen molar-refractivity contribution in [3.63, 3.8) is 0 Å². The average molecular weight is 319 g/mol. The molecule has 0 saturated heterocycles. The highest BCUT2D eigenvalue weighted by Gasteiger charge is 2.08. The molecule has 0 amide bonds. The van der Waals surface area contributed by atoms with Crippen LogP contribution >= 0.6 is 11.3 Å². The first-order valence-electron chi connectivity index (χ1n) is 7.50. The average Bonchev–Trinajstić information content (AvgIpc) is 3.03. The van der Waals surface area contributed by atoms with Gasteiger partial charge in [-0.05, 0) is 42.8 Å². The minimum absolute atomic E-state index is 0.600. The van der Waals surface area contributed by atoms with Crippen molar-refractivity contribution in [2.45, 2.75) is 6.92 Å². The molecule has 0 saturated carbocycles. The van der Waals surface area contributed by atoms with E-state index in [1.54, 1.807) is 11.3 Å². The maximum Gasteiger partial charge on any atom is 0.135 e. The molecule has 114 valence electrons. The minimum Gasteiger partial charge on any atom is -0.375 e. The van der Waals surface area contributed by atoms with E-state index in [1.165, 1.54) is 5.69 Å². The maximum atomic E-state index is 9.49. The summed E-state index contributed by atoms with van der Waals surface area (Å²) in [5.74, 6) is 0. The zero-order valence-electron chi connectivity index (χ0n) is 13.2. The van der Waals surface area contributed by atoms with Gasteiger partial charge in [0.1, 0.15) is 11.1 Å². The molecule has 0 spiro atoms. The standard InChI is InChI=1S/C19H17N3S/c1-3-22(2)16-10-8-14(9-11-16)12-15(13-20)19-21-17-6-4-5-7-18(17)23-19/h4-12H,3H2,1-2H3/b15-12-. The van der Waals surface area contributed by atoms with Crippen LogP contribution in [0.1, 0.15) is 17.5 Å². The van der Waals surface area contributed by atoms with Gasteiger partial charge in [0.05, 0.1) is 15.8 Å². The summed E-state index contributed by atoms with van der Waals surface area (Å²) in [5.41, 5.74) is 3.72. The number of hydrogen-bond donors (Lipinski definition) is 0. The van der Waals surface area contributed by atoms with Gasteiger partial charge in [0.15, 0.2) is 0 Å². The van der Waals surface area contributed by atoms with Crippen molar-refractivity contribution in [3.8, 4) is 6.07 Å². The Morgan fingerprint density at radius 2 is 1.96 bits per heavy atom. The first kappa shape index (κ1) is 15.3. The van der Waals surface area contributed by atoms with Crippen LogP contribution in [0.4, 0.5) is 5.69 Å². The van der Waals surface area contributed by atoms with Crippen LogP contribution in [0.25, 0.3) is 21.9 Å². The van der Waals surface area contributed by atoms with Crippen molar-refractivity contribution >= 4 is 38.9 Å². The molecule has 0 aliphatic rings. The largest absolute Gasteiger partial charge is 0.375 e. The Morgan fingerprint density at radius 1 is 1.22 bits per heavy atom. The molecule has 0 radical (unpaired) electrons. The van der Waals surface area contributed by atoms with E-state index in [9.17, 15) is 5.26 Å². The lowest BCUT2D eigenvalue weighted by Crippen LogP contribution is -2.15. The number of allylic oxidation sites excluding steroid dienone is 1. The summed E-state index contributed by atoms with van der Waals surface area (Å²) in [6, 6.07) is 18.4. The van der Waals surface area contributed by atoms with Gasteiger partial charge in [-0.15, -0.1) is 11.3 Å². The zero-order valence-corrected chi connectivity index (χ0v) is 14.0. The first-order chi connectivity index (χ1) is 11.2. The number of fused-ring (bicyclic) bond motifs is 1. The second-order valence-corrected chi connectivity index (χ2v) is 6.29. The van der Waals surface area contributed by atoms with Gasteiger partial charge in [0.25, 0.3) is 0 Å². The Kier molecular flexibility index (Phi) is 4.40. The highest BCUT2D eigenvalue weighted by Crippen LogP contribution is 2.28. The molecular formula is C19H17N3S. The summed E-state index contributed by atoms with van der Waals surface area (Å²) in [4.78, 5) is 6.73. The Morgan fingerprint density at radius 3 is 2.61 bits per heavy atom. The fourth-order valence-electron chi connectivity index (χ4n) is 2.30. The van der Waals surface area contributed by atoms with Crippen molar-refractivity contribution in [2.24, 2.45) is 0 Å². The number of thiazole rings is 1. The second-order valence-electron chi connectivity index (χ2n) is 5.26. The summed E-state index contributed by atoms with van der Waals surface area (Å²) in [6.45, 7) is 3.08. The van der Waals surface area contributed by atoms with Crippen molar-refractivity contribution in [3.05, 3.63) is 59.1 Å². The smallest absolute Gasteiger partial charge is 0.135 e. The number of nitrogens with zero attached hydrogens (tertiary/aromatic N) is 3. The highest BCUT2D eigenvalue weighted by molar-refractivity contribution is 7.19. The molecule has 2 aromatic carbocycles. The third-order valence-electron chi connectivity index (χ3n) is 3.76. The number of hydrogen-bond acceptors (Lipinski definition) is 4. The number of nitriles is 1. The number of para-hydroxylation sites is 1. The maximum absolute atomic E-state index is 9.49. The van der Waals surface area contributed by atoms with Gasteiger partial charge in [0.2, 0.25) is 0 Å². The molecule has 0 aliphatic heterocycles. The zero-order chi connectivity index (χ0) is 16.2. The molecular weight excluding hydrogens is 302 g/mol. The van der Waals surface area contributed by atoms with Crippen LogP contribution in [0.3, 0.4) is 0 Å². The number of rotatable bonds is 4. The quantitative estimate of drug-likeness (QED) is 0.647. The number of aromatic nitrogens is 1. The van der Waals surface area contributed by atoms with E-state index in [1.807, 2.05) is 42.5 Å². The molecule has 0 bridgehead atoms. The van der Waals surface area contributed by atoms with Gasteiger partial charge in [0, 0.05) is 19.3 Å². The van der Waals surface area contributed by atoms with E-state index in [4.69, 9.17) is 0 Å². The molecule has 0 N–H and O–H groups in total. The van der Waals surface area contributed by atoms with E-state index < -0.39 is 0 Å². The fraction of sp³-hybridized carbons (Fsp3) is 0.158. The monoisotopic (exact) mass is 319 g/mol. The van der Waals surface area contributed by atoms with Crippen LogP contribution in [0.15, 0.2) is 48.5 Å². The molecule has 1 aromatic heterocycles. The number of anilines is 1. The van der Waals surface area contributed by atoms with Gasteiger partial charge < -0.3 is 4.90 Å². The molecule has 3 rings (SSSR count). The number of benzene rings is 2. The molecule has 0 unspecified atom stereocenters. The van der Waals surface area contributed by atoms with Crippen LogP contribution < -0.4 is 4.90 Å². The van der Waals surface area contributed by atoms with Crippen LogP contribution in [-0.2, 0) is 0 Å². The Balaban J connectivity index is 1.94. The van der Waals surface area contributed by atoms with Crippen molar-refractivity contribution in [2.75, 3.05) is 18.5 Å². The molecule has 0 atom stereocenters. The van der Waals surface area contributed by atoms with E-state index in [-0.39, 0.29) is 0 Å². The first-order valence-corrected chi connectivity index (χ1v) is 8.32. The predicted octanol–water partition coefficient (Wildman–Crippen LogP) is 4.82. The molecule has 3 nitrogen and oxygen atoms in total. The lowest BCUT2D eigenvalue weighted by Gasteiger charge is -2.16. The summed E-state index contributed by atoms with van der Waals surface area (Å²) in [7, 11) is 2.06. The molecule has 3 aromatic rings. The van der Waals surface area contributed by atoms with Gasteiger partial charge in [-0.25, -0.2) is 4.98 Å². The third-order valence-corrected chi connectivity index (χ3v) is 4.83. The predicted molar refractivity (Wildman–Crippen MR) is 98.5 cm³/mol. The SMILES string of the molecule is CCN(C)c1ccc(/C=C(/C#N)c2nc3ccccc3s2)cc1. The Hall–Kier alpha value is -2.64. The normalized spacial score (nSPS) is 11.4. The van der Waals surface area contributed by atoms with Gasteiger partial charge in [-0.2, -0.15) is 5.26 Å². The summed E-state index contributed by atoms with van der Waals surface area (Å²) in [6.07, 6.45) is 1.90. The molecule has 0 aliphatic carbocycles. The van der Waals surface area contributed by atoms with E-state index in [0.717, 1.165) is 27.3 Å². The fourth-order valence-corrected chi connectivity index (χ4v) is 3.24. The van der Waals surface area contributed by atoms with Gasteiger partial charge in [-0.1, -0.05) is 24.3 Å². The minimum atomic E-state index is 0.600. The van der Waals surface area contributed by atoms with Crippen LogP contribution in [-0.4, -0.2) is 18.6 Å². The second kappa shape index (κ2) is 6.64. The summed E-state index contributed by atoms with van der Waals surface area (Å²) in [5, 5.41) is 10.3. The van der Waals surface area contributed by atoms with Crippen LogP contribution in [0.5, 0.6) is 0 Å². The van der Waals surface area contributed by atoms with E-state index in [0.29, 0.717) is 5.57 Å². The van der Waals surface area contributed by atoms with Crippen LogP contribution in [0, 0.1) is 11.3 Å². The van der Waals surface area contributed by atoms with Crippen molar-refractivity contribution < 1.29 is 0 Å². The van der Waals surface area contributed by atoms with E-state index >= 15 is 0 Å². The molecule has 4 heteroatoms. The summed E-state index contributed by atoms with van der Waals surface area (Å²) >= 11 is 1.55. The third kappa shape index (κ3) is 3.25. The Bertz CT molecular complexity index is 852. The van der Waals surface area contributed by atoms with Crippen molar-refractivity contribution in [1.82, 2.24) is 4.98 Å². The molecule has 23 heavy (non-hydrogen) atoms. The van der Waals surface area contributed by atoms with Crippen LogP contribution in [0.2, 0.25) is 0 Å². The van der Waals surface area contributed by atoms with Gasteiger partial charge >= 0.3 is 0 Å². The molecule has 1 heterocycles.